The molecule has 20 heavy (non-hydrogen) atoms. The summed E-state index contributed by atoms with van der Waals surface area (Å²) in [6, 6.07) is 9.11. The Kier molecular flexibility index (Phi) is 3.25. The van der Waals surface area contributed by atoms with E-state index in [0.717, 1.165) is 36.6 Å². The van der Waals surface area contributed by atoms with Crippen molar-refractivity contribution in [3.63, 3.8) is 0 Å². The first-order valence-electron chi connectivity index (χ1n) is 6.49. The predicted molar refractivity (Wildman–Crippen MR) is 77.2 cm³/mol. The maximum absolute atomic E-state index is 11.1. The van der Waals surface area contributed by atoms with E-state index >= 15 is 0 Å². The second kappa shape index (κ2) is 5.21. The highest BCUT2D eigenvalue weighted by Crippen LogP contribution is 2.31. The summed E-state index contributed by atoms with van der Waals surface area (Å²) in [5, 5.41) is 12.4. The number of aromatic nitrogens is 1. The van der Waals surface area contributed by atoms with E-state index in [1.54, 1.807) is 18.3 Å². The molecule has 2 heterocycles. The third-order valence-corrected chi connectivity index (χ3v) is 3.38. The molecule has 0 aliphatic carbocycles. The van der Waals surface area contributed by atoms with Gasteiger partial charge in [-0.25, -0.2) is 4.79 Å². The van der Waals surface area contributed by atoms with E-state index in [4.69, 9.17) is 5.11 Å². The van der Waals surface area contributed by atoms with Gasteiger partial charge in [0.25, 0.3) is 0 Å². The fourth-order valence-electron chi connectivity index (χ4n) is 2.40. The van der Waals surface area contributed by atoms with Gasteiger partial charge in [-0.1, -0.05) is 6.07 Å². The maximum Gasteiger partial charge on any atom is 0.335 e. The van der Waals surface area contributed by atoms with Gasteiger partial charge in [-0.15, -0.1) is 0 Å². The summed E-state index contributed by atoms with van der Waals surface area (Å²) >= 11 is 0. The van der Waals surface area contributed by atoms with Crippen molar-refractivity contribution in [1.82, 2.24) is 4.98 Å². The highest BCUT2D eigenvalue weighted by molar-refractivity contribution is 5.91. The molecule has 2 N–H and O–H groups in total. The first-order valence-corrected chi connectivity index (χ1v) is 6.49. The van der Waals surface area contributed by atoms with Crippen molar-refractivity contribution in [3.8, 4) is 0 Å². The lowest BCUT2D eigenvalue weighted by molar-refractivity contribution is 0.0697. The summed E-state index contributed by atoms with van der Waals surface area (Å²) < 4.78 is 0. The normalized spacial score (nSPS) is 13.5. The molecule has 0 fully saturated rings. The number of pyridine rings is 1. The van der Waals surface area contributed by atoms with Crippen molar-refractivity contribution < 1.29 is 9.90 Å². The molecule has 0 unspecified atom stereocenters. The third-order valence-electron chi connectivity index (χ3n) is 3.38. The zero-order valence-corrected chi connectivity index (χ0v) is 10.9. The van der Waals surface area contributed by atoms with Crippen LogP contribution in [0.1, 0.15) is 15.9 Å². The fraction of sp³-hybridized carbons (Fsp3) is 0.200. The lowest BCUT2D eigenvalue weighted by atomic mass is 10.1. The van der Waals surface area contributed by atoms with Gasteiger partial charge < -0.3 is 15.3 Å². The maximum atomic E-state index is 11.1. The number of nitrogens with one attached hydrogen (secondary N) is 1. The Morgan fingerprint density at radius 2 is 2.30 bits per heavy atom. The number of carboxylic acids is 1. The zero-order chi connectivity index (χ0) is 13.9. The fourth-order valence-corrected chi connectivity index (χ4v) is 2.40. The van der Waals surface area contributed by atoms with E-state index in [9.17, 15) is 4.79 Å². The van der Waals surface area contributed by atoms with Gasteiger partial charge in [-0.3, -0.25) is 4.98 Å². The SMILES string of the molecule is O=C(O)c1ccc2c(c1)N(Cc1cccnc1)CCN2. The minimum Gasteiger partial charge on any atom is -0.478 e. The van der Waals surface area contributed by atoms with E-state index in [1.807, 2.05) is 24.4 Å². The van der Waals surface area contributed by atoms with Crippen LogP contribution >= 0.6 is 0 Å². The average molecular weight is 269 g/mol. The lowest BCUT2D eigenvalue weighted by Gasteiger charge is -2.32. The van der Waals surface area contributed by atoms with Gasteiger partial charge in [0.05, 0.1) is 16.9 Å². The van der Waals surface area contributed by atoms with Crippen molar-refractivity contribution in [2.75, 3.05) is 23.3 Å². The van der Waals surface area contributed by atoms with Crippen molar-refractivity contribution in [1.29, 1.82) is 0 Å². The molecule has 5 nitrogen and oxygen atoms in total. The van der Waals surface area contributed by atoms with E-state index < -0.39 is 5.97 Å². The Balaban J connectivity index is 1.92. The standard InChI is InChI=1S/C15H15N3O2/c19-15(20)12-3-4-13-14(8-12)18(7-6-17-13)10-11-2-1-5-16-9-11/h1-5,8-9,17H,6-7,10H2,(H,19,20). The van der Waals surface area contributed by atoms with Gasteiger partial charge in [0, 0.05) is 32.0 Å². The largest absolute Gasteiger partial charge is 0.478 e. The van der Waals surface area contributed by atoms with Gasteiger partial charge in [-0.05, 0) is 29.8 Å². The van der Waals surface area contributed by atoms with Gasteiger partial charge in [0.2, 0.25) is 0 Å². The average Bonchev–Trinajstić information content (AvgIpc) is 2.48. The molecule has 1 aliphatic heterocycles. The molecule has 5 heteroatoms. The van der Waals surface area contributed by atoms with Crippen LogP contribution in [0.2, 0.25) is 0 Å². The van der Waals surface area contributed by atoms with Crippen LogP contribution < -0.4 is 10.2 Å². The molecule has 0 radical (unpaired) electrons. The molecule has 0 saturated heterocycles. The molecule has 0 spiro atoms. The van der Waals surface area contributed by atoms with Gasteiger partial charge >= 0.3 is 5.97 Å². The van der Waals surface area contributed by atoms with E-state index in [2.05, 4.69) is 15.2 Å². The molecule has 1 aromatic heterocycles. The Bertz CT molecular complexity index is 628. The number of carbonyl (C=O) groups is 1. The molecule has 0 bridgehead atoms. The molecule has 3 rings (SSSR count). The van der Waals surface area contributed by atoms with Gasteiger partial charge in [-0.2, -0.15) is 0 Å². The minimum atomic E-state index is -0.903. The highest BCUT2D eigenvalue weighted by atomic mass is 16.4. The molecule has 102 valence electrons. The van der Waals surface area contributed by atoms with Crippen LogP contribution in [0.4, 0.5) is 11.4 Å². The summed E-state index contributed by atoms with van der Waals surface area (Å²) in [7, 11) is 0. The van der Waals surface area contributed by atoms with Crippen LogP contribution in [0.3, 0.4) is 0 Å². The molecular formula is C15H15N3O2. The Morgan fingerprint density at radius 1 is 1.40 bits per heavy atom. The van der Waals surface area contributed by atoms with Crippen LogP contribution in [-0.2, 0) is 6.54 Å². The van der Waals surface area contributed by atoms with Crippen molar-refractivity contribution >= 4 is 17.3 Å². The minimum absolute atomic E-state index is 0.309. The van der Waals surface area contributed by atoms with Crippen LogP contribution in [0.5, 0.6) is 0 Å². The second-order valence-electron chi connectivity index (χ2n) is 4.75. The molecule has 2 aromatic rings. The van der Waals surface area contributed by atoms with Crippen LogP contribution in [0, 0.1) is 0 Å². The predicted octanol–water partition coefficient (Wildman–Crippen LogP) is 2.21. The quantitative estimate of drug-likeness (QED) is 0.894. The van der Waals surface area contributed by atoms with Gasteiger partial charge in [0.15, 0.2) is 0 Å². The summed E-state index contributed by atoms with van der Waals surface area (Å²) in [6.45, 7) is 2.41. The lowest BCUT2D eigenvalue weighted by Crippen LogP contribution is -2.33. The number of rotatable bonds is 3. The second-order valence-corrected chi connectivity index (χ2v) is 4.75. The topological polar surface area (TPSA) is 65.5 Å². The summed E-state index contributed by atoms with van der Waals surface area (Å²) in [5.74, 6) is -0.903. The van der Waals surface area contributed by atoms with Crippen LogP contribution in [0.15, 0.2) is 42.7 Å². The van der Waals surface area contributed by atoms with Crippen LogP contribution in [0.25, 0.3) is 0 Å². The number of nitrogens with zero attached hydrogens (tertiary/aromatic N) is 2. The first kappa shape index (κ1) is 12.5. The molecule has 1 aliphatic rings. The molecule has 0 amide bonds. The van der Waals surface area contributed by atoms with Gasteiger partial charge in [0.1, 0.15) is 0 Å². The highest BCUT2D eigenvalue weighted by Gasteiger charge is 2.18. The zero-order valence-electron chi connectivity index (χ0n) is 10.9. The van der Waals surface area contributed by atoms with Crippen LogP contribution in [-0.4, -0.2) is 29.1 Å². The van der Waals surface area contributed by atoms with E-state index in [-0.39, 0.29) is 0 Å². The monoisotopic (exact) mass is 269 g/mol. The number of hydrogen-bond acceptors (Lipinski definition) is 4. The van der Waals surface area contributed by atoms with E-state index in [0.29, 0.717) is 5.56 Å². The Morgan fingerprint density at radius 3 is 3.05 bits per heavy atom. The Labute approximate surface area is 116 Å². The Hall–Kier alpha value is -2.56. The van der Waals surface area contributed by atoms with Crippen molar-refractivity contribution in [3.05, 3.63) is 53.9 Å². The number of hydrogen-bond donors (Lipinski definition) is 2. The number of carboxylic acid groups (broad SMARTS) is 1. The molecular weight excluding hydrogens is 254 g/mol. The van der Waals surface area contributed by atoms with Crippen molar-refractivity contribution in [2.45, 2.75) is 6.54 Å². The number of benzene rings is 1. The van der Waals surface area contributed by atoms with Crippen molar-refractivity contribution in [2.24, 2.45) is 0 Å². The first-order chi connectivity index (χ1) is 9.74. The summed E-state index contributed by atoms with van der Waals surface area (Å²) in [6.07, 6.45) is 3.58. The van der Waals surface area contributed by atoms with E-state index in [1.165, 1.54) is 0 Å². The number of aromatic carboxylic acids is 1. The third kappa shape index (κ3) is 2.42. The molecule has 1 aromatic carbocycles. The number of fused-ring (bicyclic) bond motifs is 1. The number of anilines is 2. The summed E-state index contributed by atoms with van der Waals surface area (Å²) in [5.41, 5.74) is 3.33. The molecule has 0 saturated carbocycles. The smallest absolute Gasteiger partial charge is 0.335 e. The molecule has 0 atom stereocenters. The summed E-state index contributed by atoms with van der Waals surface area (Å²) in [4.78, 5) is 17.4.